The normalized spacial score (nSPS) is 15.4. The Morgan fingerprint density at radius 1 is 1.11 bits per heavy atom. The van der Waals surface area contributed by atoms with Crippen molar-refractivity contribution in [2.24, 2.45) is 0 Å². The third-order valence-corrected chi connectivity index (χ3v) is 8.26. The van der Waals surface area contributed by atoms with Crippen molar-refractivity contribution in [1.82, 2.24) is 15.1 Å². The molecule has 7 nitrogen and oxygen atoms in total. The summed E-state index contributed by atoms with van der Waals surface area (Å²) in [6, 6.07) is 16.7. The standard InChI is InChI=1S/C30H39N3O4S/c1-4-6-12-29(34)31-28(25-10-8-7-9-11-25)19-22-32-20-17-26(18-21-32)33(5-2)30(35)23-24-13-15-27(16-14-24)38(3,36)37/h1,7-11,13-16,26,28H,5-6,12,17-23H2,2-3H3,(H,31,34). The monoisotopic (exact) mass is 537 g/mol. The van der Waals surface area contributed by atoms with Crippen LogP contribution in [-0.4, -0.2) is 68.5 Å². The molecule has 3 rings (SSSR count). The smallest absolute Gasteiger partial charge is 0.227 e. The molecule has 1 atom stereocenters. The van der Waals surface area contributed by atoms with Gasteiger partial charge in [-0.15, -0.1) is 12.3 Å². The summed E-state index contributed by atoms with van der Waals surface area (Å²) in [5.41, 5.74) is 1.90. The van der Waals surface area contributed by atoms with Gasteiger partial charge in [0.1, 0.15) is 0 Å². The number of nitrogens with one attached hydrogen (secondary N) is 1. The molecule has 1 aliphatic heterocycles. The second-order valence-electron chi connectivity index (χ2n) is 9.87. The predicted octanol–water partition coefficient (Wildman–Crippen LogP) is 3.61. The van der Waals surface area contributed by atoms with Gasteiger partial charge in [0, 0.05) is 51.3 Å². The van der Waals surface area contributed by atoms with E-state index in [9.17, 15) is 18.0 Å². The zero-order chi connectivity index (χ0) is 27.5. The van der Waals surface area contributed by atoms with Crippen LogP contribution in [0.4, 0.5) is 0 Å². The summed E-state index contributed by atoms with van der Waals surface area (Å²) in [6.07, 6.45) is 10.1. The lowest BCUT2D eigenvalue weighted by atomic mass is 9.99. The highest BCUT2D eigenvalue weighted by atomic mass is 32.2. The van der Waals surface area contributed by atoms with Crippen LogP contribution >= 0.6 is 0 Å². The summed E-state index contributed by atoms with van der Waals surface area (Å²) in [4.78, 5) is 30.1. The highest BCUT2D eigenvalue weighted by molar-refractivity contribution is 7.90. The number of piperidine rings is 1. The maximum Gasteiger partial charge on any atom is 0.227 e. The molecule has 204 valence electrons. The zero-order valence-electron chi connectivity index (χ0n) is 22.4. The third kappa shape index (κ3) is 8.71. The number of carbonyl (C=O) groups is 2. The van der Waals surface area contributed by atoms with Gasteiger partial charge in [0.25, 0.3) is 0 Å². The molecule has 0 spiro atoms. The molecular weight excluding hydrogens is 498 g/mol. The third-order valence-electron chi connectivity index (χ3n) is 7.13. The first-order valence-corrected chi connectivity index (χ1v) is 15.2. The van der Waals surface area contributed by atoms with Gasteiger partial charge in [0.15, 0.2) is 9.84 Å². The van der Waals surface area contributed by atoms with Crippen LogP contribution in [0.5, 0.6) is 0 Å². The van der Waals surface area contributed by atoms with Crippen molar-refractivity contribution in [3.63, 3.8) is 0 Å². The van der Waals surface area contributed by atoms with E-state index in [1.165, 1.54) is 6.26 Å². The molecule has 0 radical (unpaired) electrons. The van der Waals surface area contributed by atoms with Gasteiger partial charge >= 0.3 is 0 Å². The average molecular weight is 538 g/mol. The van der Waals surface area contributed by atoms with Crippen LogP contribution in [0.2, 0.25) is 0 Å². The molecule has 2 aromatic rings. The van der Waals surface area contributed by atoms with Gasteiger partial charge in [-0.2, -0.15) is 0 Å². The molecular formula is C30H39N3O4S. The molecule has 38 heavy (non-hydrogen) atoms. The van der Waals surface area contributed by atoms with Crippen molar-refractivity contribution in [3.8, 4) is 12.3 Å². The number of terminal acetylenes is 1. The summed E-state index contributed by atoms with van der Waals surface area (Å²) < 4.78 is 23.4. The van der Waals surface area contributed by atoms with Crippen molar-refractivity contribution in [3.05, 3.63) is 65.7 Å². The Labute approximate surface area is 227 Å². The van der Waals surface area contributed by atoms with E-state index >= 15 is 0 Å². The van der Waals surface area contributed by atoms with Gasteiger partial charge in [0.2, 0.25) is 11.8 Å². The van der Waals surface area contributed by atoms with Crippen molar-refractivity contribution in [2.75, 3.05) is 32.4 Å². The molecule has 1 unspecified atom stereocenters. The van der Waals surface area contributed by atoms with E-state index in [2.05, 4.69) is 16.1 Å². The van der Waals surface area contributed by atoms with Crippen LogP contribution in [-0.2, 0) is 25.8 Å². The average Bonchev–Trinajstić information content (AvgIpc) is 2.91. The van der Waals surface area contributed by atoms with Crippen LogP contribution in [0.3, 0.4) is 0 Å². The first kappa shape index (κ1) is 29.4. The Morgan fingerprint density at radius 2 is 1.76 bits per heavy atom. The first-order valence-electron chi connectivity index (χ1n) is 13.3. The molecule has 1 heterocycles. The van der Waals surface area contributed by atoms with Crippen LogP contribution in [0.1, 0.15) is 56.2 Å². The lowest BCUT2D eigenvalue weighted by molar-refractivity contribution is -0.133. The number of hydrogen-bond acceptors (Lipinski definition) is 5. The van der Waals surface area contributed by atoms with Crippen LogP contribution in [0.15, 0.2) is 59.5 Å². The van der Waals surface area contributed by atoms with E-state index in [4.69, 9.17) is 6.42 Å². The number of benzene rings is 2. The maximum atomic E-state index is 13.1. The number of rotatable bonds is 12. The number of hydrogen-bond donors (Lipinski definition) is 1. The molecule has 0 aromatic heterocycles. The second kappa shape index (κ2) is 14.1. The minimum absolute atomic E-state index is 0.0291. The van der Waals surface area contributed by atoms with Crippen molar-refractivity contribution in [2.45, 2.75) is 62.4 Å². The van der Waals surface area contributed by atoms with Crippen molar-refractivity contribution < 1.29 is 18.0 Å². The van der Waals surface area contributed by atoms with Crippen LogP contribution < -0.4 is 5.32 Å². The van der Waals surface area contributed by atoms with Crippen LogP contribution in [0, 0.1) is 12.3 Å². The Balaban J connectivity index is 1.52. The van der Waals surface area contributed by atoms with Crippen LogP contribution in [0.25, 0.3) is 0 Å². The fourth-order valence-electron chi connectivity index (χ4n) is 4.99. The molecule has 0 saturated carbocycles. The first-order chi connectivity index (χ1) is 18.2. The summed E-state index contributed by atoms with van der Waals surface area (Å²) in [7, 11) is -3.26. The molecule has 0 bridgehead atoms. The fourth-order valence-corrected chi connectivity index (χ4v) is 5.63. The molecule has 1 aliphatic rings. The maximum absolute atomic E-state index is 13.1. The Kier molecular flexibility index (Phi) is 10.9. The number of carbonyl (C=O) groups excluding carboxylic acids is 2. The Hall–Kier alpha value is -3.15. The number of sulfone groups is 1. The van der Waals surface area contributed by atoms with E-state index in [1.807, 2.05) is 42.2 Å². The van der Waals surface area contributed by atoms with E-state index in [1.54, 1.807) is 24.3 Å². The minimum Gasteiger partial charge on any atom is -0.349 e. The molecule has 1 fully saturated rings. The topological polar surface area (TPSA) is 86.8 Å². The Bertz CT molecular complexity index is 1200. The zero-order valence-corrected chi connectivity index (χ0v) is 23.3. The Morgan fingerprint density at radius 3 is 2.34 bits per heavy atom. The molecule has 1 N–H and O–H groups in total. The molecule has 8 heteroatoms. The number of amides is 2. The second-order valence-corrected chi connectivity index (χ2v) is 11.9. The molecule has 2 amide bonds. The summed E-state index contributed by atoms with van der Waals surface area (Å²) in [5.74, 6) is 2.56. The lowest BCUT2D eigenvalue weighted by Crippen LogP contribution is -2.48. The van der Waals surface area contributed by atoms with E-state index in [0.717, 1.165) is 50.0 Å². The quantitative estimate of drug-likeness (QED) is 0.418. The van der Waals surface area contributed by atoms with Gasteiger partial charge in [0.05, 0.1) is 17.4 Å². The van der Waals surface area contributed by atoms with E-state index in [0.29, 0.717) is 19.4 Å². The highest BCUT2D eigenvalue weighted by Crippen LogP contribution is 2.22. The molecule has 1 saturated heterocycles. The number of nitrogens with zero attached hydrogens (tertiary/aromatic N) is 2. The number of likely N-dealkylation sites (tertiary alicyclic amines) is 1. The van der Waals surface area contributed by atoms with Gasteiger partial charge in [-0.1, -0.05) is 42.5 Å². The van der Waals surface area contributed by atoms with Gasteiger partial charge < -0.3 is 15.1 Å². The van der Waals surface area contributed by atoms with E-state index in [-0.39, 0.29) is 35.2 Å². The molecule has 2 aromatic carbocycles. The van der Waals surface area contributed by atoms with Crippen molar-refractivity contribution >= 4 is 21.7 Å². The summed E-state index contributed by atoms with van der Waals surface area (Å²) >= 11 is 0. The largest absolute Gasteiger partial charge is 0.349 e. The minimum atomic E-state index is -3.26. The SMILES string of the molecule is C#CCCC(=O)NC(CCN1CCC(N(CC)C(=O)Cc2ccc(S(C)(=O)=O)cc2)CC1)c1ccccc1. The van der Waals surface area contributed by atoms with E-state index < -0.39 is 9.84 Å². The summed E-state index contributed by atoms with van der Waals surface area (Å²) in [6.45, 7) is 5.29. The summed E-state index contributed by atoms with van der Waals surface area (Å²) in [5, 5.41) is 3.15. The molecule has 0 aliphatic carbocycles. The van der Waals surface area contributed by atoms with Crippen molar-refractivity contribution in [1.29, 1.82) is 0 Å². The number of likely N-dealkylation sites (N-methyl/N-ethyl adjacent to an activating group) is 1. The predicted molar refractivity (Wildman–Crippen MR) is 150 cm³/mol. The fraction of sp³-hybridized carbons (Fsp3) is 0.467. The highest BCUT2D eigenvalue weighted by Gasteiger charge is 2.27. The van der Waals surface area contributed by atoms with Gasteiger partial charge in [-0.3, -0.25) is 9.59 Å². The lowest BCUT2D eigenvalue weighted by Gasteiger charge is -2.38. The van der Waals surface area contributed by atoms with Gasteiger partial charge in [-0.05, 0) is 49.4 Å². The van der Waals surface area contributed by atoms with Gasteiger partial charge in [-0.25, -0.2) is 8.42 Å².